The third kappa shape index (κ3) is 2.17. The predicted molar refractivity (Wildman–Crippen MR) is 68.0 cm³/mol. The van der Waals surface area contributed by atoms with E-state index in [9.17, 15) is 0 Å². The van der Waals surface area contributed by atoms with Gasteiger partial charge in [-0.2, -0.15) is 5.10 Å². The summed E-state index contributed by atoms with van der Waals surface area (Å²) in [6.07, 6.45) is 1.56. The molecular formula is C12H15N5O. The van der Waals surface area contributed by atoms with E-state index in [1.807, 2.05) is 20.9 Å². The van der Waals surface area contributed by atoms with Gasteiger partial charge in [0, 0.05) is 24.9 Å². The first-order valence-electron chi connectivity index (χ1n) is 5.47. The number of hydrogen-bond acceptors (Lipinski definition) is 4. The fourth-order valence-electron chi connectivity index (χ4n) is 1.64. The molecule has 0 aliphatic rings. The Morgan fingerprint density at radius 2 is 2.17 bits per heavy atom. The van der Waals surface area contributed by atoms with Crippen molar-refractivity contribution in [1.82, 2.24) is 14.8 Å². The van der Waals surface area contributed by atoms with Crippen molar-refractivity contribution in [1.29, 1.82) is 5.41 Å². The molecule has 0 saturated heterocycles. The van der Waals surface area contributed by atoms with Crippen LogP contribution in [0.1, 0.15) is 17.0 Å². The minimum Gasteiger partial charge on any atom is -0.435 e. The summed E-state index contributed by atoms with van der Waals surface area (Å²) in [7, 11) is 1.86. The van der Waals surface area contributed by atoms with Gasteiger partial charge in [0.15, 0.2) is 5.75 Å². The second kappa shape index (κ2) is 4.48. The van der Waals surface area contributed by atoms with Crippen LogP contribution in [0.2, 0.25) is 0 Å². The number of hydrogen-bond donors (Lipinski definition) is 2. The number of nitrogens with one attached hydrogen (secondary N) is 1. The van der Waals surface area contributed by atoms with Gasteiger partial charge in [-0.15, -0.1) is 0 Å². The van der Waals surface area contributed by atoms with Gasteiger partial charge in [0.05, 0.1) is 5.69 Å². The Balaban J connectivity index is 2.34. The molecule has 18 heavy (non-hydrogen) atoms. The number of amidine groups is 1. The molecular weight excluding hydrogens is 230 g/mol. The van der Waals surface area contributed by atoms with Crippen molar-refractivity contribution >= 4 is 5.84 Å². The smallest absolute Gasteiger partial charge is 0.220 e. The highest BCUT2D eigenvalue weighted by atomic mass is 16.5. The number of ether oxygens (including phenoxy) is 1. The van der Waals surface area contributed by atoms with E-state index < -0.39 is 0 Å². The van der Waals surface area contributed by atoms with Gasteiger partial charge in [0.1, 0.15) is 11.5 Å². The molecule has 0 fully saturated rings. The highest BCUT2D eigenvalue weighted by molar-refractivity contribution is 5.95. The number of rotatable bonds is 3. The topological polar surface area (TPSA) is 89.8 Å². The molecule has 0 bridgehead atoms. The summed E-state index contributed by atoms with van der Waals surface area (Å²) in [6, 6.07) is 3.30. The maximum atomic E-state index is 7.38. The van der Waals surface area contributed by atoms with Crippen LogP contribution in [0.3, 0.4) is 0 Å². The Morgan fingerprint density at radius 1 is 1.44 bits per heavy atom. The first-order valence-corrected chi connectivity index (χ1v) is 5.47. The van der Waals surface area contributed by atoms with E-state index in [1.165, 1.54) is 0 Å². The van der Waals surface area contributed by atoms with Gasteiger partial charge in [-0.25, -0.2) is 4.98 Å². The molecule has 0 unspecified atom stereocenters. The largest absolute Gasteiger partial charge is 0.435 e. The molecule has 2 heterocycles. The third-order valence-corrected chi connectivity index (χ3v) is 2.70. The van der Waals surface area contributed by atoms with Crippen LogP contribution in [0.5, 0.6) is 11.6 Å². The maximum absolute atomic E-state index is 7.38. The van der Waals surface area contributed by atoms with Gasteiger partial charge < -0.3 is 10.5 Å². The number of nitrogens with two attached hydrogens (primary N) is 1. The lowest BCUT2D eigenvalue weighted by Gasteiger charge is -2.06. The van der Waals surface area contributed by atoms with Crippen LogP contribution in [0.15, 0.2) is 18.3 Å². The molecule has 0 aliphatic carbocycles. The standard InChI is InChI=1S/C12H15N5O/c1-7-11(8(2)17(3)16-7)18-10-6-9(12(13)14)4-5-15-10/h4-6H,1-3H3,(H3,13,14). The lowest BCUT2D eigenvalue weighted by Crippen LogP contribution is -2.11. The van der Waals surface area contributed by atoms with Crippen LogP contribution in [0.25, 0.3) is 0 Å². The van der Waals surface area contributed by atoms with Crippen LogP contribution in [-0.4, -0.2) is 20.6 Å². The van der Waals surface area contributed by atoms with E-state index in [-0.39, 0.29) is 5.84 Å². The first kappa shape index (κ1) is 12.1. The highest BCUT2D eigenvalue weighted by Gasteiger charge is 2.12. The first-order chi connectivity index (χ1) is 8.49. The minimum atomic E-state index is -0.0121. The summed E-state index contributed by atoms with van der Waals surface area (Å²) in [5, 5.41) is 11.6. The number of aryl methyl sites for hydroxylation is 2. The van der Waals surface area contributed by atoms with Gasteiger partial charge in [-0.05, 0) is 19.9 Å². The Hall–Kier alpha value is -2.37. The van der Waals surface area contributed by atoms with E-state index in [1.54, 1.807) is 23.0 Å². The molecule has 2 aromatic heterocycles. The number of nitrogen functional groups attached to an aromatic ring is 1. The molecule has 0 atom stereocenters. The molecule has 0 radical (unpaired) electrons. The molecule has 0 spiro atoms. The summed E-state index contributed by atoms with van der Waals surface area (Å²) in [5.74, 6) is 1.08. The zero-order valence-electron chi connectivity index (χ0n) is 10.6. The average Bonchev–Trinajstić information content (AvgIpc) is 2.56. The van der Waals surface area contributed by atoms with Crippen LogP contribution in [0.4, 0.5) is 0 Å². The van der Waals surface area contributed by atoms with Crippen molar-refractivity contribution < 1.29 is 4.74 Å². The van der Waals surface area contributed by atoms with E-state index in [0.717, 1.165) is 11.4 Å². The average molecular weight is 245 g/mol. The molecule has 0 amide bonds. The van der Waals surface area contributed by atoms with Crippen LogP contribution in [-0.2, 0) is 7.05 Å². The number of nitrogens with zero attached hydrogens (tertiary/aromatic N) is 3. The zero-order valence-corrected chi connectivity index (χ0v) is 10.6. The van der Waals surface area contributed by atoms with Gasteiger partial charge in [0.25, 0.3) is 0 Å². The van der Waals surface area contributed by atoms with Crippen LogP contribution < -0.4 is 10.5 Å². The van der Waals surface area contributed by atoms with Gasteiger partial charge in [-0.3, -0.25) is 10.1 Å². The lowest BCUT2D eigenvalue weighted by atomic mass is 10.2. The van der Waals surface area contributed by atoms with Gasteiger partial charge >= 0.3 is 0 Å². The van der Waals surface area contributed by atoms with Crippen LogP contribution in [0, 0.1) is 19.3 Å². The van der Waals surface area contributed by atoms with E-state index in [0.29, 0.717) is 17.2 Å². The Morgan fingerprint density at radius 3 is 2.72 bits per heavy atom. The Kier molecular flexibility index (Phi) is 3.01. The third-order valence-electron chi connectivity index (χ3n) is 2.70. The van der Waals surface area contributed by atoms with Crippen molar-refractivity contribution in [2.75, 3.05) is 0 Å². The van der Waals surface area contributed by atoms with E-state index >= 15 is 0 Å². The normalized spacial score (nSPS) is 10.4. The van der Waals surface area contributed by atoms with Gasteiger partial charge in [0.2, 0.25) is 5.88 Å². The zero-order chi connectivity index (χ0) is 13.3. The van der Waals surface area contributed by atoms with Crippen molar-refractivity contribution in [3.05, 3.63) is 35.3 Å². The molecule has 94 valence electrons. The molecule has 0 aliphatic heterocycles. The van der Waals surface area contributed by atoms with E-state index in [4.69, 9.17) is 15.9 Å². The Labute approximate surface area is 105 Å². The summed E-state index contributed by atoms with van der Waals surface area (Å²) in [4.78, 5) is 4.10. The van der Waals surface area contributed by atoms with Crippen LogP contribution >= 0.6 is 0 Å². The summed E-state index contributed by atoms with van der Waals surface area (Å²) < 4.78 is 7.45. The lowest BCUT2D eigenvalue weighted by molar-refractivity contribution is 0.455. The number of aromatic nitrogens is 3. The minimum absolute atomic E-state index is 0.0121. The summed E-state index contributed by atoms with van der Waals surface area (Å²) in [5.41, 5.74) is 7.72. The van der Waals surface area contributed by atoms with Crippen molar-refractivity contribution in [2.45, 2.75) is 13.8 Å². The Bertz CT molecular complexity index is 603. The quantitative estimate of drug-likeness (QED) is 0.633. The molecule has 0 aromatic carbocycles. The predicted octanol–water partition coefficient (Wildman–Crippen LogP) is 1.51. The summed E-state index contributed by atoms with van der Waals surface area (Å²) in [6.45, 7) is 3.79. The highest BCUT2D eigenvalue weighted by Crippen LogP contribution is 2.26. The maximum Gasteiger partial charge on any atom is 0.220 e. The van der Waals surface area contributed by atoms with Crippen molar-refractivity contribution in [2.24, 2.45) is 12.8 Å². The van der Waals surface area contributed by atoms with Crippen molar-refractivity contribution in [3.8, 4) is 11.6 Å². The SMILES string of the molecule is Cc1nn(C)c(C)c1Oc1cc(C(=N)N)ccn1. The second-order valence-electron chi connectivity index (χ2n) is 4.02. The number of pyridine rings is 1. The fraction of sp³-hybridized carbons (Fsp3) is 0.250. The summed E-state index contributed by atoms with van der Waals surface area (Å²) >= 11 is 0. The molecule has 2 rings (SSSR count). The fourth-order valence-corrected chi connectivity index (χ4v) is 1.64. The molecule has 3 N–H and O–H groups in total. The molecule has 2 aromatic rings. The molecule has 6 heteroatoms. The molecule has 0 saturated carbocycles. The van der Waals surface area contributed by atoms with Gasteiger partial charge in [-0.1, -0.05) is 0 Å². The van der Waals surface area contributed by atoms with Crippen molar-refractivity contribution in [3.63, 3.8) is 0 Å². The second-order valence-corrected chi connectivity index (χ2v) is 4.02. The monoisotopic (exact) mass is 245 g/mol. The van der Waals surface area contributed by atoms with E-state index in [2.05, 4.69) is 10.1 Å². The molecule has 6 nitrogen and oxygen atoms in total.